The summed E-state index contributed by atoms with van der Waals surface area (Å²) in [7, 11) is 0. The molecule has 0 aliphatic carbocycles. The molecule has 0 aliphatic rings. The predicted octanol–water partition coefficient (Wildman–Crippen LogP) is 2.43. The summed E-state index contributed by atoms with van der Waals surface area (Å²) in [6.07, 6.45) is 0. The zero-order chi connectivity index (χ0) is 10.7. The SMILES string of the molecule is Cc1ccc(C(=O)CCl)c(F)c1C#N. The summed E-state index contributed by atoms with van der Waals surface area (Å²) in [5, 5.41) is 8.64. The molecule has 4 heteroatoms. The van der Waals surface area contributed by atoms with Gasteiger partial charge in [-0.2, -0.15) is 5.26 Å². The Bertz CT molecular complexity index is 423. The van der Waals surface area contributed by atoms with Gasteiger partial charge in [0, 0.05) is 0 Å². The van der Waals surface area contributed by atoms with Gasteiger partial charge in [0.2, 0.25) is 0 Å². The van der Waals surface area contributed by atoms with Crippen LogP contribution in [0.4, 0.5) is 4.39 Å². The third-order valence-electron chi connectivity index (χ3n) is 1.88. The molecule has 0 bridgehead atoms. The third-order valence-corrected chi connectivity index (χ3v) is 2.13. The second-order valence-corrected chi connectivity index (χ2v) is 3.05. The van der Waals surface area contributed by atoms with E-state index in [2.05, 4.69) is 0 Å². The van der Waals surface area contributed by atoms with E-state index in [1.165, 1.54) is 12.1 Å². The number of Topliss-reactive ketones (excluding diaryl/α,β-unsaturated/α-hetero) is 1. The van der Waals surface area contributed by atoms with E-state index in [4.69, 9.17) is 16.9 Å². The summed E-state index contributed by atoms with van der Waals surface area (Å²) in [6, 6.07) is 4.59. The number of ketones is 1. The topological polar surface area (TPSA) is 40.9 Å². The minimum absolute atomic E-state index is 0.0963. The Labute approximate surface area is 85.9 Å². The van der Waals surface area contributed by atoms with Gasteiger partial charge < -0.3 is 0 Å². The molecule has 0 aliphatic heterocycles. The second-order valence-electron chi connectivity index (χ2n) is 2.79. The summed E-state index contributed by atoms with van der Waals surface area (Å²) in [4.78, 5) is 11.1. The summed E-state index contributed by atoms with van der Waals surface area (Å²) in [5.74, 6) is -1.58. The number of aryl methyl sites for hydroxylation is 1. The first-order valence-electron chi connectivity index (χ1n) is 3.90. The van der Waals surface area contributed by atoms with Crippen LogP contribution in [-0.4, -0.2) is 11.7 Å². The Morgan fingerprint density at radius 3 is 2.79 bits per heavy atom. The lowest BCUT2D eigenvalue weighted by atomic mass is 10.0. The van der Waals surface area contributed by atoms with Gasteiger partial charge in [-0.15, -0.1) is 11.6 Å². The fourth-order valence-corrected chi connectivity index (χ4v) is 1.24. The van der Waals surface area contributed by atoms with Gasteiger partial charge in [-0.3, -0.25) is 4.79 Å². The molecule has 2 nitrogen and oxygen atoms in total. The molecular formula is C10H7ClFNO. The molecule has 0 fully saturated rings. The van der Waals surface area contributed by atoms with E-state index < -0.39 is 11.6 Å². The van der Waals surface area contributed by atoms with Crippen LogP contribution in [0.5, 0.6) is 0 Å². The van der Waals surface area contributed by atoms with Crippen molar-refractivity contribution in [1.82, 2.24) is 0 Å². The van der Waals surface area contributed by atoms with Crippen LogP contribution in [0.2, 0.25) is 0 Å². The average molecular weight is 212 g/mol. The van der Waals surface area contributed by atoms with Gasteiger partial charge in [0.15, 0.2) is 11.6 Å². The lowest BCUT2D eigenvalue weighted by molar-refractivity contribution is 0.101. The van der Waals surface area contributed by atoms with Crippen molar-refractivity contribution in [3.8, 4) is 6.07 Å². The van der Waals surface area contributed by atoms with Crippen molar-refractivity contribution < 1.29 is 9.18 Å². The molecule has 0 saturated heterocycles. The van der Waals surface area contributed by atoms with Gasteiger partial charge in [0.05, 0.1) is 17.0 Å². The lowest BCUT2D eigenvalue weighted by Crippen LogP contribution is -2.06. The van der Waals surface area contributed by atoms with Crippen molar-refractivity contribution in [2.45, 2.75) is 6.92 Å². The number of carbonyl (C=O) groups is 1. The normalized spacial score (nSPS) is 9.57. The summed E-state index contributed by atoms with van der Waals surface area (Å²) < 4.78 is 13.5. The zero-order valence-corrected chi connectivity index (χ0v) is 8.23. The van der Waals surface area contributed by atoms with E-state index in [1.807, 2.05) is 0 Å². The number of halogens is 2. The molecule has 72 valence electrons. The Kier molecular flexibility index (Phi) is 3.21. The molecule has 14 heavy (non-hydrogen) atoms. The largest absolute Gasteiger partial charge is 0.293 e. The first-order chi connectivity index (χ1) is 6.61. The second kappa shape index (κ2) is 4.21. The molecule has 0 spiro atoms. The Morgan fingerprint density at radius 1 is 1.64 bits per heavy atom. The number of nitrogens with zero attached hydrogens (tertiary/aromatic N) is 1. The molecule has 0 saturated carbocycles. The molecule has 1 aromatic carbocycles. The maximum absolute atomic E-state index is 13.5. The number of rotatable bonds is 2. The maximum atomic E-state index is 13.5. The highest BCUT2D eigenvalue weighted by Crippen LogP contribution is 2.17. The van der Waals surface area contributed by atoms with Gasteiger partial charge in [-0.25, -0.2) is 4.39 Å². The third kappa shape index (κ3) is 1.75. The first kappa shape index (κ1) is 10.7. The molecule has 0 atom stereocenters. The standard InChI is InChI=1S/C10H7ClFNO/c1-6-2-3-7(9(14)4-11)10(12)8(6)5-13/h2-3H,4H2,1H3. The molecule has 0 heterocycles. The van der Waals surface area contributed by atoms with Gasteiger partial charge in [0.25, 0.3) is 0 Å². The lowest BCUT2D eigenvalue weighted by Gasteiger charge is -2.03. The van der Waals surface area contributed by atoms with Gasteiger partial charge in [0.1, 0.15) is 6.07 Å². The van der Waals surface area contributed by atoms with Gasteiger partial charge >= 0.3 is 0 Å². The highest BCUT2D eigenvalue weighted by atomic mass is 35.5. The highest BCUT2D eigenvalue weighted by Gasteiger charge is 2.15. The summed E-state index contributed by atoms with van der Waals surface area (Å²) in [5.41, 5.74) is 0.291. The van der Waals surface area contributed by atoms with Crippen LogP contribution in [-0.2, 0) is 0 Å². The molecule has 0 amide bonds. The summed E-state index contributed by atoms with van der Waals surface area (Å²) in [6.45, 7) is 1.61. The Balaban J connectivity index is 3.37. The number of alkyl halides is 1. The molecule has 0 unspecified atom stereocenters. The van der Waals surface area contributed by atoms with Crippen LogP contribution in [0.15, 0.2) is 12.1 Å². The molecule has 0 radical (unpaired) electrons. The van der Waals surface area contributed by atoms with Crippen molar-refractivity contribution in [3.05, 3.63) is 34.6 Å². The van der Waals surface area contributed by atoms with E-state index in [9.17, 15) is 9.18 Å². The smallest absolute Gasteiger partial charge is 0.180 e. The fourth-order valence-electron chi connectivity index (χ4n) is 1.10. The van der Waals surface area contributed by atoms with E-state index in [0.717, 1.165) is 0 Å². The van der Waals surface area contributed by atoms with Crippen LogP contribution in [0, 0.1) is 24.1 Å². The number of hydrogen-bond donors (Lipinski definition) is 0. The van der Waals surface area contributed by atoms with Crippen LogP contribution in [0.1, 0.15) is 21.5 Å². The Morgan fingerprint density at radius 2 is 2.29 bits per heavy atom. The van der Waals surface area contributed by atoms with E-state index in [1.54, 1.807) is 13.0 Å². The number of benzene rings is 1. The van der Waals surface area contributed by atoms with Crippen LogP contribution >= 0.6 is 11.6 Å². The van der Waals surface area contributed by atoms with E-state index >= 15 is 0 Å². The van der Waals surface area contributed by atoms with Crippen LogP contribution in [0.25, 0.3) is 0 Å². The maximum Gasteiger partial charge on any atom is 0.180 e. The summed E-state index contributed by atoms with van der Waals surface area (Å²) >= 11 is 5.29. The van der Waals surface area contributed by atoms with Gasteiger partial charge in [-0.1, -0.05) is 6.07 Å². The highest BCUT2D eigenvalue weighted by molar-refractivity contribution is 6.30. The van der Waals surface area contributed by atoms with Crippen molar-refractivity contribution in [2.24, 2.45) is 0 Å². The van der Waals surface area contributed by atoms with Crippen molar-refractivity contribution in [2.75, 3.05) is 5.88 Å². The first-order valence-corrected chi connectivity index (χ1v) is 4.43. The quantitative estimate of drug-likeness (QED) is 0.557. The molecular weight excluding hydrogens is 205 g/mol. The number of carbonyl (C=O) groups excluding carboxylic acids is 1. The van der Waals surface area contributed by atoms with Crippen molar-refractivity contribution >= 4 is 17.4 Å². The van der Waals surface area contributed by atoms with E-state index in [0.29, 0.717) is 5.56 Å². The number of nitriles is 1. The zero-order valence-electron chi connectivity index (χ0n) is 7.47. The van der Waals surface area contributed by atoms with Gasteiger partial charge in [-0.05, 0) is 18.6 Å². The minimum atomic E-state index is -0.779. The minimum Gasteiger partial charge on any atom is -0.293 e. The Hall–Kier alpha value is -1.40. The van der Waals surface area contributed by atoms with Crippen LogP contribution < -0.4 is 0 Å². The monoisotopic (exact) mass is 211 g/mol. The van der Waals surface area contributed by atoms with Crippen molar-refractivity contribution in [3.63, 3.8) is 0 Å². The van der Waals surface area contributed by atoms with Crippen LogP contribution in [0.3, 0.4) is 0 Å². The fraction of sp³-hybridized carbons (Fsp3) is 0.200. The average Bonchev–Trinajstić information content (AvgIpc) is 2.18. The molecule has 0 N–H and O–H groups in total. The van der Waals surface area contributed by atoms with Crippen molar-refractivity contribution in [1.29, 1.82) is 5.26 Å². The number of hydrogen-bond acceptors (Lipinski definition) is 2. The molecule has 1 rings (SSSR count). The van der Waals surface area contributed by atoms with E-state index in [-0.39, 0.29) is 17.0 Å². The predicted molar refractivity (Wildman–Crippen MR) is 50.9 cm³/mol. The molecule has 1 aromatic rings. The molecule has 0 aromatic heterocycles.